The first kappa shape index (κ1) is 71.6. The molecule has 2 N–H and O–H groups in total. The van der Waals surface area contributed by atoms with Gasteiger partial charge in [-0.1, -0.05) is 199 Å². The number of carbonyl (C=O) groups is 3. The lowest BCUT2D eigenvalue weighted by molar-refractivity contribution is -0.161. The standard InChI is InChI=1S/C64H103O11P/c1-4-7-10-13-16-19-22-25-27-29-30-32-34-37-40-43-46-49-52-55-64(68)75-61(57-71-62(66)53-50-47-44-41-38-35-24-21-18-15-12-9-6-3)59-73-76(69,70)72-58-60(56-65)74-63(67)54-51-48-45-42-39-36-33-31-28-26-23-20-17-14-11-8-5-2/h7-12,16-21,25-28,30,32,35,37-38,40,60-61,65H,4-6,13-15,22-24,29,31,33-34,36,39,41-59H2,1-3H3,(H,69,70)/b10-7-,11-8-,12-9-,19-16-,20-17-,21-18-,27-25-,28-26-,32-30-,38-35-,40-37-. The summed E-state index contributed by atoms with van der Waals surface area (Å²) in [5.41, 5.74) is 0. The summed E-state index contributed by atoms with van der Waals surface area (Å²) in [6.45, 7) is 4.20. The molecule has 0 saturated carbocycles. The van der Waals surface area contributed by atoms with Crippen molar-refractivity contribution in [2.24, 2.45) is 0 Å². The number of esters is 3. The van der Waals surface area contributed by atoms with Gasteiger partial charge in [0.1, 0.15) is 12.7 Å². The smallest absolute Gasteiger partial charge is 0.462 e. The number of aliphatic hydroxyl groups excluding tert-OH is 1. The molecule has 0 saturated heterocycles. The third-order valence-electron chi connectivity index (χ3n) is 11.6. The Morgan fingerprint density at radius 2 is 0.645 bits per heavy atom. The predicted octanol–water partition coefficient (Wildman–Crippen LogP) is 17.4. The predicted molar refractivity (Wildman–Crippen MR) is 316 cm³/mol. The first-order chi connectivity index (χ1) is 37.2. The molecule has 0 aromatic rings. The highest BCUT2D eigenvalue weighted by molar-refractivity contribution is 7.47. The number of hydrogen-bond donors (Lipinski definition) is 2. The summed E-state index contributed by atoms with van der Waals surface area (Å²) in [7, 11) is -4.78. The first-order valence-corrected chi connectivity index (χ1v) is 30.6. The number of phosphoric ester groups is 1. The molecule has 3 atom stereocenters. The van der Waals surface area contributed by atoms with Crippen LogP contribution in [-0.4, -0.2) is 66.5 Å². The fourth-order valence-corrected chi connectivity index (χ4v) is 8.02. The Morgan fingerprint density at radius 1 is 0.368 bits per heavy atom. The molecule has 76 heavy (non-hydrogen) atoms. The molecule has 3 unspecified atom stereocenters. The number of hydrogen-bond acceptors (Lipinski definition) is 10. The van der Waals surface area contributed by atoms with E-state index in [2.05, 4.69) is 154 Å². The van der Waals surface area contributed by atoms with Gasteiger partial charge in [-0.05, 0) is 128 Å². The van der Waals surface area contributed by atoms with Gasteiger partial charge in [-0.15, -0.1) is 0 Å². The summed E-state index contributed by atoms with van der Waals surface area (Å²) in [5.74, 6) is -1.56. The van der Waals surface area contributed by atoms with E-state index in [4.69, 9.17) is 23.3 Å². The van der Waals surface area contributed by atoms with E-state index in [1.807, 2.05) is 0 Å². The van der Waals surface area contributed by atoms with E-state index in [1.54, 1.807) is 0 Å². The number of phosphoric acid groups is 1. The second kappa shape index (κ2) is 56.8. The minimum Gasteiger partial charge on any atom is -0.462 e. The zero-order chi connectivity index (χ0) is 55.5. The van der Waals surface area contributed by atoms with Crippen molar-refractivity contribution in [2.45, 2.75) is 226 Å². The topological polar surface area (TPSA) is 155 Å². The molecule has 430 valence electrons. The Bertz CT molecular complexity index is 1780. The van der Waals surface area contributed by atoms with Crippen LogP contribution < -0.4 is 0 Å². The van der Waals surface area contributed by atoms with Gasteiger partial charge in [0.25, 0.3) is 0 Å². The summed E-state index contributed by atoms with van der Waals surface area (Å²) in [5, 5.41) is 9.83. The Morgan fingerprint density at radius 3 is 1.00 bits per heavy atom. The highest BCUT2D eigenvalue weighted by Crippen LogP contribution is 2.43. The number of carbonyl (C=O) groups excluding carboxylic acids is 3. The molecule has 0 aliphatic rings. The van der Waals surface area contributed by atoms with Gasteiger partial charge in [0.15, 0.2) is 6.10 Å². The quantitative estimate of drug-likeness (QED) is 0.0197. The molecule has 0 radical (unpaired) electrons. The van der Waals surface area contributed by atoms with Crippen molar-refractivity contribution in [2.75, 3.05) is 26.4 Å². The number of ether oxygens (including phenoxy) is 3. The lowest BCUT2D eigenvalue weighted by Crippen LogP contribution is -2.30. The zero-order valence-corrected chi connectivity index (χ0v) is 48.3. The van der Waals surface area contributed by atoms with Crippen LogP contribution in [0.4, 0.5) is 0 Å². The van der Waals surface area contributed by atoms with Gasteiger partial charge in [-0.25, -0.2) is 4.57 Å². The minimum atomic E-state index is -4.78. The monoisotopic (exact) mass is 1080 g/mol. The van der Waals surface area contributed by atoms with Gasteiger partial charge in [0.05, 0.1) is 19.8 Å². The third-order valence-corrected chi connectivity index (χ3v) is 12.5. The Hall–Kier alpha value is -4.38. The maximum atomic E-state index is 12.9. The van der Waals surface area contributed by atoms with Crippen LogP contribution in [0.15, 0.2) is 134 Å². The van der Waals surface area contributed by atoms with Crippen molar-refractivity contribution >= 4 is 25.7 Å². The van der Waals surface area contributed by atoms with E-state index in [9.17, 15) is 28.9 Å². The van der Waals surface area contributed by atoms with Crippen LogP contribution in [0.2, 0.25) is 0 Å². The van der Waals surface area contributed by atoms with E-state index in [-0.39, 0.29) is 25.9 Å². The molecule has 0 aliphatic carbocycles. The van der Waals surface area contributed by atoms with Gasteiger partial charge in [0, 0.05) is 19.3 Å². The molecule has 0 aromatic carbocycles. The molecule has 0 aromatic heterocycles. The molecule has 0 spiro atoms. The summed E-state index contributed by atoms with van der Waals surface area (Å²) >= 11 is 0. The maximum Gasteiger partial charge on any atom is 0.472 e. The normalized spacial score (nSPS) is 14.3. The molecule has 11 nitrogen and oxygen atoms in total. The fraction of sp³-hybridized carbons (Fsp3) is 0.609. The van der Waals surface area contributed by atoms with Crippen LogP contribution in [0.3, 0.4) is 0 Å². The average Bonchev–Trinajstić information content (AvgIpc) is 3.41. The molecule has 12 heteroatoms. The highest BCUT2D eigenvalue weighted by Gasteiger charge is 2.28. The van der Waals surface area contributed by atoms with Gasteiger partial charge in [-0.3, -0.25) is 23.4 Å². The summed E-state index contributed by atoms with van der Waals surface area (Å²) in [6.07, 6.45) is 71.3. The number of unbranched alkanes of at least 4 members (excludes halogenated alkanes) is 13. The zero-order valence-electron chi connectivity index (χ0n) is 47.4. The molecule has 0 heterocycles. The Balaban J connectivity index is 4.81. The van der Waals surface area contributed by atoms with E-state index >= 15 is 0 Å². The molecule has 0 aliphatic heterocycles. The van der Waals surface area contributed by atoms with Gasteiger partial charge in [0.2, 0.25) is 0 Å². The van der Waals surface area contributed by atoms with E-state index in [0.29, 0.717) is 19.3 Å². The number of allylic oxidation sites excluding steroid dienone is 22. The van der Waals surface area contributed by atoms with Crippen LogP contribution in [0.25, 0.3) is 0 Å². The molecule has 0 fully saturated rings. The van der Waals surface area contributed by atoms with Crippen LogP contribution >= 0.6 is 7.82 Å². The first-order valence-electron chi connectivity index (χ1n) is 29.1. The molecule has 0 amide bonds. The molecule has 0 bridgehead atoms. The van der Waals surface area contributed by atoms with E-state index < -0.39 is 57.8 Å². The Labute approximate surface area is 461 Å². The minimum absolute atomic E-state index is 0.114. The third kappa shape index (κ3) is 54.4. The second-order valence-electron chi connectivity index (χ2n) is 18.7. The molecular weight excluding hydrogens is 976 g/mol. The van der Waals surface area contributed by atoms with Crippen molar-refractivity contribution in [3.63, 3.8) is 0 Å². The van der Waals surface area contributed by atoms with Crippen LogP contribution in [-0.2, 0) is 42.2 Å². The number of aliphatic hydroxyl groups is 1. The second-order valence-corrected chi connectivity index (χ2v) is 20.1. The Kier molecular flexibility index (Phi) is 53.5. The van der Waals surface area contributed by atoms with E-state index in [1.165, 1.54) is 6.42 Å². The van der Waals surface area contributed by atoms with Crippen molar-refractivity contribution in [3.8, 4) is 0 Å². The lowest BCUT2D eigenvalue weighted by atomic mass is 10.1. The highest BCUT2D eigenvalue weighted by atomic mass is 31.2. The SMILES string of the molecule is CC/C=C\C/C=C\C/C=C\C/C=C\C/C=C\CCCCCC(=O)OC(COC(=O)CCCCC/C=C\C/C=C\C/C=C\CC)COP(=O)(O)OCC(CO)OC(=O)CCCCCCCCC/C=C\C/C=C\C/C=C\CC. The summed E-state index contributed by atoms with van der Waals surface area (Å²) in [6, 6.07) is 0. The van der Waals surface area contributed by atoms with E-state index in [0.717, 1.165) is 148 Å². The summed E-state index contributed by atoms with van der Waals surface area (Å²) < 4.78 is 39.5. The van der Waals surface area contributed by atoms with Crippen molar-refractivity contribution < 1.29 is 52.2 Å². The van der Waals surface area contributed by atoms with Crippen LogP contribution in [0.1, 0.15) is 213 Å². The number of rotatable bonds is 52. The van der Waals surface area contributed by atoms with Gasteiger partial charge < -0.3 is 24.2 Å². The summed E-state index contributed by atoms with van der Waals surface area (Å²) in [4.78, 5) is 48.6. The molecular formula is C64H103O11P. The van der Waals surface area contributed by atoms with Crippen LogP contribution in [0.5, 0.6) is 0 Å². The van der Waals surface area contributed by atoms with Gasteiger partial charge >= 0.3 is 25.7 Å². The van der Waals surface area contributed by atoms with Crippen molar-refractivity contribution in [1.29, 1.82) is 0 Å². The molecule has 0 rings (SSSR count). The van der Waals surface area contributed by atoms with Crippen molar-refractivity contribution in [3.05, 3.63) is 134 Å². The van der Waals surface area contributed by atoms with Crippen LogP contribution in [0, 0.1) is 0 Å². The fourth-order valence-electron chi connectivity index (χ4n) is 7.23. The van der Waals surface area contributed by atoms with Gasteiger partial charge in [-0.2, -0.15) is 0 Å². The maximum absolute atomic E-state index is 12.9. The lowest BCUT2D eigenvalue weighted by Gasteiger charge is -2.21. The van der Waals surface area contributed by atoms with Crippen molar-refractivity contribution in [1.82, 2.24) is 0 Å². The largest absolute Gasteiger partial charge is 0.472 e. The average molecular weight is 1080 g/mol.